The van der Waals surface area contributed by atoms with Gasteiger partial charge < -0.3 is 10.4 Å². The van der Waals surface area contributed by atoms with Crippen LogP contribution in [0.3, 0.4) is 0 Å². The van der Waals surface area contributed by atoms with Gasteiger partial charge in [0.05, 0.1) is 4.92 Å². The number of aromatic carboxylic acids is 1. The number of thioether (sulfide) groups is 1. The molecule has 18 heavy (non-hydrogen) atoms. The zero-order valence-corrected chi connectivity index (χ0v) is 10.9. The zero-order chi connectivity index (χ0) is 13.7. The quantitative estimate of drug-likeness (QED) is 0.609. The number of hydrogen-bond acceptors (Lipinski definition) is 5. The maximum absolute atomic E-state index is 11.0. The molecule has 0 saturated carbocycles. The first kappa shape index (κ1) is 14.3. The lowest BCUT2D eigenvalue weighted by molar-refractivity contribution is -0.384. The molecule has 1 aromatic carbocycles. The first-order valence-corrected chi connectivity index (χ1v) is 6.63. The highest BCUT2D eigenvalue weighted by Gasteiger charge is 2.24. The number of nitrogens with zero attached hydrogens (tertiary/aromatic N) is 1. The van der Waals surface area contributed by atoms with Gasteiger partial charge in [-0.05, 0) is 25.3 Å². The maximum atomic E-state index is 11.0. The number of nitrogens with one attached hydrogen (secondary N) is 1. The molecular formula is C11H14N2O4S. The summed E-state index contributed by atoms with van der Waals surface area (Å²) in [4.78, 5) is 21.3. The highest BCUT2D eigenvalue weighted by Crippen LogP contribution is 2.29. The molecule has 0 saturated heterocycles. The Morgan fingerprint density at radius 3 is 2.78 bits per heavy atom. The van der Waals surface area contributed by atoms with Crippen molar-refractivity contribution in [2.45, 2.75) is 13.0 Å². The van der Waals surface area contributed by atoms with Gasteiger partial charge in [0.25, 0.3) is 0 Å². The molecule has 0 aromatic heterocycles. The topological polar surface area (TPSA) is 92.5 Å². The minimum absolute atomic E-state index is 0.0164. The normalized spacial score (nSPS) is 11.9. The van der Waals surface area contributed by atoms with Gasteiger partial charge >= 0.3 is 11.7 Å². The third kappa shape index (κ3) is 3.36. The number of nitro groups is 1. The first-order chi connectivity index (χ1) is 8.47. The fourth-order valence-electron chi connectivity index (χ4n) is 1.59. The number of carboxylic acid groups (broad SMARTS) is 1. The minimum atomic E-state index is -1.30. The highest BCUT2D eigenvalue weighted by atomic mass is 32.2. The molecule has 98 valence electrons. The third-order valence-electron chi connectivity index (χ3n) is 2.27. The van der Waals surface area contributed by atoms with Gasteiger partial charge in [0.2, 0.25) is 0 Å². The summed E-state index contributed by atoms with van der Waals surface area (Å²) in [5, 5.41) is 22.9. The second kappa shape index (κ2) is 6.25. The summed E-state index contributed by atoms with van der Waals surface area (Å²) in [7, 11) is 0. The lowest BCUT2D eigenvalue weighted by Crippen LogP contribution is -2.19. The molecule has 6 nitrogen and oxygen atoms in total. The van der Waals surface area contributed by atoms with Crippen LogP contribution in [0, 0.1) is 10.1 Å². The number of rotatable bonds is 6. The van der Waals surface area contributed by atoms with Gasteiger partial charge in [-0.25, -0.2) is 4.79 Å². The van der Waals surface area contributed by atoms with E-state index >= 15 is 0 Å². The summed E-state index contributed by atoms with van der Waals surface area (Å²) < 4.78 is 0. The Balaban J connectivity index is 3.15. The number of nitro benzene ring substituents is 1. The highest BCUT2D eigenvalue weighted by molar-refractivity contribution is 7.98. The Morgan fingerprint density at radius 1 is 1.61 bits per heavy atom. The number of benzene rings is 1. The predicted molar refractivity (Wildman–Crippen MR) is 71.5 cm³/mol. The molecule has 0 aliphatic carbocycles. The van der Waals surface area contributed by atoms with Crippen molar-refractivity contribution in [3.8, 4) is 0 Å². The molecule has 1 rings (SSSR count). The van der Waals surface area contributed by atoms with Gasteiger partial charge in [0, 0.05) is 11.8 Å². The predicted octanol–water partition coefficient (Wildman–Crippen LogP) is 2.46. The van der Waals surface area contributed by atoms with E-state index in [0.717, 1.165) is 5.75 Å². The molecular weight excluding hydrogens is 256 g/mol. The Kier molecular flexibility index (Phi) is 4.96. The number of carbonyl (C=O) groups is 1. The molecule has 0 fully saturated rings. The van der Waals surface area contributed by atoms with Crippen molar-refractivity contribution in [3.05, 3.63) is 33.9 Å². The summed E-state index contributed by atoms with van der Waals surface area (Å²) >= 11 is 1.61. The molecule has 0 aliphatic rings. The minimum Gasteiger partial charge on any atom is -0.477 e. The maximum Gasteiger partial charge on any atom is 0.342 e. The Bertz CT molecular complexity index is 464. The van der Waals surface area contributed by atoms with Crippen LogP contribution >= 0.6 is 11.8 Å². The van der Waals surface area contributed by atoms with Crippen molar-refractivity contribution >= 4 is 29.1 Å². The number of carboxylic acids is 1. The van der Waals surface area contributed by atoms with E-state index in [-0.39, 0.29) is 17.3 Å². The van der Waals surface area contributed by atoms with Crippen molar-refractivity contribution in [1.82, 2.24) is 0 Å². The van der Waals surface area contributed by atoms with Crippen molar-refractivity contribution in [1.29, 1.82) is 0 Å². The average Bonchev–Trinajstić information content (AvgIpc) is 2.28. The summed E-state index contributed by atoms with van der Waals surface area (Å²) in [6.45, 7) is 1.88. The Hall–Kier alpha value is -1.76. The van der Waals surface area contributed by atoms with E-state index in [1.807, 2.05) is 13.2 Å². The molecule has 7 heteroatoms. The van der Waals surface area contributed by atoms with Crippen LogP contribution in [0.15, 0.2) is 18.2 Å². The fourth-order valence-corrected chi connectivity index (χ4v) is 2.17. The van der Waals surface area contributed by atoms with Gasteiger partial charge in [-0.1, -0.05) is 6.07 Å². The van der Waals surface area contributed by atoms with E-state index in [4.69, 9.17) is 5.11 Å². The van der Waals surface area contributed by atoms with Crippen LogP contribution < -0.4 is 5.32 Å². The molecule has 0 aliphatic heterocycles. The lowest BCUT2D eigenvalue weighted by Gasteiger charge is -2.14. The second-order valence-electron chi connectivity index (χ2n) is 3.76. The lowest BCUT2D eigenvalue weighted by atomic mass is 10.1. The molecule has 0 spiro atoms. The first-order valence-electron chi connectivity index (χ1n) is 5.23. The molecule has 0 heterocycles. The van der Waals surface area contributed by atoms with Crippen LogP contribution in [0.4, 0.5) is 11.4 Å². The van der Waals surface area contributed by atoms with Crippen LogP contribution in [-0.2, 0) is 0 Å². The second-order valence-corrected chi connectivity index (χ2v) is 4.68. The Morgan fingerprint density at radius 2 is 2.28 bits per heavy atom. The van der Waals surface area contributed by atoms with E-state index in [1.54, 1.807) is 11.8 Å². The summed E-state index contributed by atoms with van der Waals surface area (Å²) in [6, 6.07) is 4.25. The van der Waals surface area contributed by atoms with Crippen LogP contribution in [0.1, 0.15) is 17.3 Å². The molecule has 1 unspecified atom stereocenters. The molecule has 1 aromatic rings. The largest absolute Gasteiger partial charge is 0.477 e. The summed E-state index contributed by atoms with van der Waals surface area (Å²) in [5.74, 6) is -0.531. The standard InChI is InChI=1S/C11H14N2O4S/c1-7(6-18-2)12-9-5-3-4-8(11(14)15)10(9)13(16)17/h3-5,7,12H,6H2,1-2H3,(H,14,15). The van der Waals surface area contributed by atoms with Crippen molar-refractivity contribution in [2.24, 2.45) is 0 Å². The number of para-hydroxylation sites is 1. The molecule has 0 amide bonds. The third-order valence-corrected chi connectivity index (χ3v) is 3.10. The van der Waals surface area contributed by atoms with E-state index < -0.39 is 16.6 Å². The smallest absolute Gasteiger partial charge is 0.342 e. The number of anilines is 1. The Labute approximate surface area is 109 Å². The van der Waals surface area contributed by atoms with Crippen LogP contribution in [0.2, 0.25) is 0 Å². The van der Waals surface area contributed by atoms with Gasteiger partial charge in [-0.2, -0.15) is 11.8 Å². The van der Waals surface area contributed by atoms with Gasteiger partial charge in [-0.15, -0.1) is 0 Å². The van der Waals surface area contributed by atoms with Crippen molar-refractivity contribution < 1.29 is 14.8 Å². The van der Waals surface area contributed by atoms with Gasteiger partial charge in [0.1, 0.15) is 11.3 Å². The van der Waals surface area contributed by atoms with E-state index in [9.17, 15) is 14.9 Å². The van der Waals surface area contributed by atoms with Crippen LogP contribution in [0.25, 0.3) is 0 Å². The average molecular weight is 270 g/mol. The molecule has 0 radical (unpaired) electrons. The molecule has 2 N–H and O–H groups in total. The van der Waals surface area contributed by atoms with E-state index in [0.29, 0.717) is 0 Å². The summed E-state index contributed by atoms with van der Waals surface area (Å²) in [6.07, 6.45) is 1.93. The van der Waals surface area contributed by atoms with Crippen molar-refractivity contribution in [3.63, 3.8) is 0 Å². The monoisotopic (exact) mass is 270 g/mol. The zero-order valence-electron chi connectivity index (χ0n) is 10.0. The summed E-state index contributed by atoms with van der Waals surface area (Å²) in [5.41, 5.74) is -0.458. The van der Waals surface area contributed by atoms with E-state index in [1.165, 1.54) is 18.2 Å². The van der Waals surface area contributed by atoms with Crippen LogP contribution in [0.5, 0.6) is 0 Å². The van der Waals surface area contributed by atoms with Crippen LogP contribution in [-0.4, -0.2) is 34.0 Å². The molecule has 0 bridgehead atoms. The van der Waals surface area contributed by atoms with Gasteiger partial charge in [0.15, 0.2) is 0 Å². The van der Waals surface area contributed by atoms with E-state index in [2.05, 4.69) is 5.32 Å². The molecule has 1 atom stereocenters. The fraction of sp³-hybridized carbons (Fsp3) is 0.364. The van der Waals surface area contributed by atoms with Gasteiger partial charge in [-0.3, -0.25) is 10.1 Å². The van der Waals surface area contributed by atoms with Crippen molar-refractivity contribution in [2.75, 3.05) is 17.3 Å². The number of hydrogen-bond donors (Lipinski definition) is 2. The SMILES string of the molecule is CSCC(C)Nc1cccc(C(=O)O)c1[N+](=O)[O-].